The third-order valence-corrected chi connectivity index (χ3v) is 5.32. The standard InChI is InChI=1S/C19H25NO4/c1-19(2)11-23-18(20-19)12-5-3-4-6-15(12)22-10-14-13(9-21)16-7-8-17(14)24-16/h3-6,13-14,16-17,21H,7-11H2,1-2H3/t13-,14+,16+,17-/m0/s1. The summed E-state index contributed by atoms with van der Waals surface area (Å²) in [7, 11) is 0. The quantitative estimate of drug-likeness (QED) is 0.900. The van der Waals surface area contributed by atoms with Crippen LogP contribution in [-0.2, 0) is 9.47 Å². The van der Waals surface area contributed by atoms with Gasteiger partial charge < -0.3 is 19.3 Å². The van der Waals surface area contributed by atoms with Crippen molar-refractivity contribution in [3.8, 4) is 5.75 Å². The number of ether oxygens (including phenoxy) is 3. The largest absolute Gasteiger partial charge is 0.492 e. The van der Waals surface area contributed by atoms with Gasteiger partial charge in [0.15, 0.2) is 0 Å². The molecule has 3 aliphatic heterocycles. The summed E-state index contributed by atoms with van der Waals surface area (Å²) in [4.78, 5) is 4.65. The zero-order valence-corrected chi connectivity index (χ0v) is 14.3. The maximum absolute atomic E-state index is 9.67. The van der Waals surface area contributed by atoms with Crippen LogP contribution in [0.2, 0.25) is 0 Å². The predicted molar refractivity (Wildman–Crippen MR) is 90.5 cm³/mol. The van der Waals surface area contributed by atoms with E-state index in [1.807, 2.05) is 24.3 Å². The molecular weight excluding hydrogens is 306 g/mol. The van der Waals surface area contributed by atoms with E-state index in [2.05, 4.69) is 18.8 Å². The Hall–Kier alpha value is -1.59. The number of benzene rings is 1. The van der Waals surface area contributed by atoms with Gasteiger partial charge in [-0.1, -0.05) is 12.1 Å². The molecule has 0 aliphatic carbocycles. The van der Waals surface area contributed by atoms with Crippen molar-refractivity contribution in [2.45, 2.75) is 44.4 Å². The van der Waals surface area contributed by atoms with Crippen molar-refractivity contribution >= 4 is 5.90 Å². The maximum Gasteiger partial charge on any atom is 0.220 e. The normalized spacial score (nSPS) is 33.4. The molecule has 5 nitrogen and oxygen atoms in total. The first-order valence-corrected chi connectivity index (χ1v) is 8.78. The van der Waals surface area contributed by atoms with Gasteiger partial charge in [0.1, 0.15) is 12.4 Å². The van der Waals surface area contributed by atoms with Gasteiger partial charge in [-0.05, 0) is 38.8 Å². The van der Waals surface area contributed by atoms with E-state index in [9.17, 15) is 5.11 Å². The van der Waals surface area contributed by atoms with E-state index in [1.165, 1.54) is 0 Å². The van der Waals surface area contributed by atoms with Crippen LogP contribution in [0.5, 0.6) is 5.75 Å². The van der Waals surface area contributed by atoms with Gasteiger partial charge in [-0.3, -0.25) is 0 Å². The molecule has 1 aromatic rings. The number of aliphatic imine (C=N–C) groups is 1. The second kappa shape index (κ2) is 6.05. The molecule has 0 radical (unpaired) electrons. The second-order valence-corrected chi connectivity index (χ2v) is 7.63. The van der Waals surface area contributed by atoms with E-state index in [0.717, 1.165) is 24.2 Å². The summed E-state index contributed by atoms with van der Waals surface area (Å²) in [6.07, 6.45) is 2.55. The number of nitrogens with zero attached hydrogens (tertiary/aromatic N) is 1. The van der Waals surface area contributed by atoms with Gasteiger partial charge in [0.25, 0.3) is 0 Å². The molecule has 0 aromatic heterocycles. The summed E-state index contributed by atoms with van der Waals surface area (Å²) in [6, 6.07) is 7.86. The predicted octanol–water partition coefficient (Wildman–Crippen LogP) is 2.41. The molecule has 4 rings (SSSR count). The van der Waals surface area contributed by atoms with Crippen LogP contribution in [0.3, 0.4) is 0 Å². The van der Waals surface area contributed by atoms with Crippen LogP contribution in [-0.4, -0.2) is 48.6 Å². The summed E-state index contributed by atoms with van der Waals surface area (Å²) in [5.41, 5.74) is 0.704. The Morgan fingerprint density at radius 2 is 1.96 bits per heavy atom. The van der Waals surface area contributed by atoms with Gasteiger partial charge in [-0.25, -0.2) is 4.99 Å². The topological polar surface area (TPSA) is 60.3 Å². The summed E-state index contributed by atoms with van der Waals surface area (Å²) in [5.74, 6) is 1.88. The molecule has 1 aromatic carbocycles. The zero-order valence-electron chi connectivity index (χ0n) is 14.3. The van der Waals surface area contributed by atoms with Crippen LogP contribution in [0.15, 0.2) is 29.3 Å². The SMILES string of the molecule is CC1(C)COC(c2ccccc2OC[C@@H]2[C@H](CO)[C@H]3CC[C@@H]2O3)=N1. The molecule has 130 valence electrons. The summed E-state index contributed by atoms with van der Waals surface area (Å²) in [6.45, 7) is 5.42. The van der Waals surface area contributed by atoms with Gasteiger partial charge >= 0.3 is 0 Å². The molecule has 0 spiro atoms. The van der Waals surface area contributed by atoms with E-state index in [1.54, 1.807) is 0 Å². The van der Waals surface area contributed by atoms with Crippen LogP contribution in [0.25, 0.3) is 0 Å². The van der Waals surface area contributed by atoms with E-state index < -0.39 is 0 Å². The Labute approximate surface area is 142 Å². The lowest BCUT2D eigenvalue weighted by Crippen LogP contribution is -2.34. The Bertz CT molecular complexity index is 642. The van der Waals surface area contributed by atoms with Crippen LogP contribution < -0.4 is 4.74 Å². The van der Waals surface area contributed by atoms with Crippen molar-refractivity contribution in [1.82, 2.24) is 0 Å². The van der Waals surface area contributed by atoms with Gasteiger partial charge in [-0.15, -0.1) is 0 Å². The Balaban J connectivity index is 1.50. The Morgan fingerprint density at radius 1 is 1.21 bits per heavy atom. The molecule has 0 unspecified atom stereocenters. The summed E-state index contributed by atoms with van der Waals surface area (Å²) < 4.78 is 17.8. The maximum atomic E-state index is 9.67. The number of aliphatic hydroxyl groups is 1. The van der Waals surface area contributed by atoms with E-state index in [4.69, 9.17) is 14.2 Å². The highest BCUT2D eigenvalue weighted by Gasteiger charge is 2.48. The van der Waals surface area contributed by atoms with E-state index >= 15 is 0 Å². The fourth-order valence-electron chi connectivity index (χ4n) is 4.03. The van der Waals surface area contributed by atoms with E-state index in [0.29, 0.717) is 19.1 Å². The molecule has 0 saturated carbocycles. The number of hydrogen-bond acceptors (Lipinski definition) is 5. The minimum atomic E-state index is -0.192. The molecule has 0 amide bonds. The Kier molecular flexibility index (Phi) is 4.01. The molecule has 4 atom stereocenters. The minimum Gasteiger partial charge on any atom is -0.492 e. The average Bonchev–Trinajstić information content (AvgIpc) is 3.27. The number of fused-ring (bicyclic) bond motifs is 2. The molecule has 5 heteroatoms. The molecule has 1 N–H and O–H groups in total. The monoisotopic (exact) mass is 331 g/mol. The molecule has 3 heterocycles. The van der Waals surface area contributed by atoms with Crippen molar-refractivity contribution in [3.63, 3.8) is 0 Å². The van der Waals surface area contributed by atoms with E-state index in [-0.39, 0.29) is 36.2 Å². The van der Waals surface area contributed by atoms with Crippen molar-refractivity contribution in [1.29, 1.82) is 0 Å². The lowest BCUT2D eigenvalue weighted by Gasteiger charge is -2.26. The van der Waals surface area contributed by atoms with Crippen LogP contribution >= 0.6 is 0 Å². The molecule has 24 heavy (non-hydrogen) atoms. The first-order valence-electron chi connectivity index (χ1n) is 8.78. The summed E-state index contributed by atoms with van der Waals surface area (Å²) in [5, 5.41) is 9.67. The average molecular weight is 331 g/mol. The van der Waals surface area contributed by atoms with Crippen LogP contribution in [0.1, 0.15) is 32.3 Å². The number of hydrogen-bond donors (Lipinski definition) is 1. The zero-order chi connectivity index (χ0) is 16.7. The van der Waals surface area contributed by atoms with Crippen molar-refractivity contribution in [2.24, 2.45) is 16.8 Å². The third-order valence-electron chi connectivity index (χ3n) is 5.32. The molecule has 2 saturated heterocycles. The first-order chi connectivity index (χ1) is 11.6. The number of para-hydroxylation sites is 1. The number of aliphatic hydroxyl groups excluding tert-OH is 1. The highest BCUT2D eigenvalue weighted by molar-refractivity contribution is 5.98. The highest BCUT2D eigenvalue weighted by atomic mass is 16.5. The summed E-state index contributed by atoms with van der Waals surface area (Å²) >= 11 is 0. The Morgan fingerprint density at radius 3 is 2.67 bits per heavy atom. The lowest BCUT2D eigenvalue weighted by atomic mass is 9.80. The van der Waals surface area contributed by atoms with Crippen LogP contribution in [0.4, 0.5) is 0 Å². The molecule has 3 aliphatic rings. The fraction of sp³-hybridized carbons (Fsp3) is 0.632. The first kappa shape index (κ1) is 15.9. The minimum absolute atomic E-state index is 0.168. The second-order valence-electron chi connectivity index (χ2n) is 7.63. The van der Waals surface area contributed by atoms with Crippen molar-refractivity contribution < 1.29 is 19.3 Å². The number of rotatable bonds is 5. The molecule has 2 bridgehead atoms. The molecular formula is C19H25NO4. The third kappa shape index (κ3) is 2.80. The molecule has 2 fully saturated rings. The highest BCUT2D eigenvalue weighted by Crippen LogP contribution is 2.43. The van der Waals surface area contributed by atoms with Crippen LogP contribution in [0, 0.1) is 11.8 Å². The lowest BCUT2D eigenvalue weighted by molar-refractivity contribution is 0.0772. The van der Waals surface area contributed by atoms with Gasteiger partial charge in [0, 0.05) is 18.4 Å². The van der Waals surface area contributed by atoms with Gasteiger partial charge in [-0.2, -0.15) is 0 Å². The fourth-order valence-corrected chi connectivity index (χ4v) is 4.03. The van der Waals surface area contributed by atoms with Gasteiger partial charge in [0.2, 0.25) is 5.90 Å². The van der Waals surface area contributed by atoms with Gasteiger partial charge in [0.05, 0.1) is 29.9 Å². The van der Waals surface area contributed by atoms with Crippen molar-refractivity contribution in [2.75, 3.05) is 19.8 Å². The van der Waals surface area contributed by atoms with Crippen molar-refractivity contribution in [3.05, 3.63) is 29.8 Å². The smallest absolute Gasteiger partial charge is 0.220 e.